The van der Waals surface area contributed by atoms with Crippen molar-refractivity contribution in [1.82, 2.24) is 0 Å². The topological polar surface area (TPSA) is 46.2 Å². The number of amides is 1. The zero-order valence-electron chi connectivity index (χ0n) is 12.6. The van der Waals surface area contributed by atoms with Crippen LogP contribution in [0.15, 0.2) is 47.4 Å². The fourth-order valence-electron chi connectivity index (χ4n) is 1.84. The molecule has 2 rings (SSSR count). The van der Waals surface area contributed by atoms with Crippen LogP contribution in [0.3, 0.4) is 0 Å². The van der Waals surface area contributed by atoms with Gasteiger partial charge >= 0.3 is 0 Å². The third-order valence-corrected chi connectivity index (χ3v) is 4.96. The Kier molecular flexibility index (Phi) is 6.10. The van der Waals surface area contributed by atoms with E-state index < -0.39 is 0 Å². The van der Waals surface area contributed by atoms with Crippen LogP contribution < -0.4 is 5.32 Å². The lowest BCUT2D eigenvalue weighted by Crippen LogP contribution is -2.22. The van der Waals surface area contributed by atoms with E-state index in [0.29, 0.717) is 21.3 Å². The molecule has 0 radical (unpaired) electrons. The molecule has 0 saturated carbocycles. The van der Waals surface area contributed by atoms with E-state index in [1.807, 2.05) is 0 Å². The summed E-state index contributed by atoms with van der Waals surface area (Å²) in [5.41, 5.74) is 1.25. The average molecular weight is 368 g/mol. The van der Waals surface area contributed by atoms with Crippen LogP contribution in [-0.4, -0.2) is 16.9 Å². The van der Waals surface area contributed by atoms with Crippen LogP contribution in [0, 0.1) is 0 Å². The molecule has 2 aromatic rings. The molecule has 1 N–H and O–H groups in total. The largest absolute Gasteiger partial charge is 0.325 e. The van der Waals surface area contributed by atoms with Crippen molar-refractivity contribution in [1.29, 1.82) is 0 Å². The number of ketones is 1. The number of nitrogens with one attached hydrogen (secondary N) is 1. The maximum Gasteiger partial charge on any atom is 0.237 e. The predicted octanol–water partition coefficient (Wildman–Crippen LogP) is 5.32. The molecule has 1 atom stereocenters. The van der Waals surface area contributed by atoms with Crippen LogP contribution in [0.5, 0.6) is 0 Å². The zero-order valence-corrected chi connectivity index (χ0v) is 14.9. The maximum atomic E-state index is 12.3. The molecule has 23 heavy (non-hydrogen) atoms. The van der Waals surface area contributed by atoms with Crippen molar-refractivity contribution in [3.05, 3.63) is 58.1 Å². The second-order valence-electron chi connectivity index (χ2n) is 4.96. The molecule has 2 aromatic carbocycles. The van der Waals surface area contributed by atoms with Gasteiger partial charge in [-0.1, -0.05) is 23.2 Å². The molecular formula is C17H15Cl2NO2S. The van der Waals surface area contributed by atoms with Crippen LogP contribution >= 0.6 is 35.0 Å². The van der Waals surface area contributed by atoms with Crippen molar-refractivity contribution < 1.29 is 9.59 Å². The van der Waals surface area contributed by atoms with Crippen LogP contribution in [0.1, 0.15) is 24.2 Å². The molecule has 0 bridgehead atoms. The first kappa shape index (κ1) is 17.9. The number of carbonyl (C=O) groups is 2. The van der Waals surface area contributed by atoms with E-state index in [-0.39, 0.29) is 16.9 Å². The Balaban J connectivity index is 2.02. The minimum atomic E-state index is -0.349. The van der Waals surface area contributed by atoms with Gasteiger partial charge in [0.15, 0.2) is 5.78 Å². The highest BCUT2D eigenvalue weighted by Crippen LogP contribution is 2.33. The Hall–Kier alpha value is -1.49. The van der Waals surface area contributed by atoms with Gasteiger partial charge in [-0.3, -0.25) is 9.59 Å². The third kappa shape index (κ3) is 4.99. The van der Waals surface area contributed by atoms with Crippen molar-refractivity contribution in [3.8, 4) is 0 Å². The molecule has 0 heterocycles. The summed E-state index contributed by atoms with van der Waals surface area (Å²) in [6.45, 7) is 3.29. The zero-order chi connectivity index (χ0) is 17.0. The fraction of sp³-hybridized carbons (Fsp3) is 0.176. The lowest BCUT2D eigenvalue weighted by molar-refractivity contribution is -0.115. The summed E-state index contributed by atoms with van der Waals surface area (Å²) in [5.74, 6) is -0.163. The highest BCUT2D eigenvalue weighted by molar-refractivity contribution is 8.00. The minimum Gasteiger partial charge on any atom is -0.325 e. The molecule has 0 unspecified atom stereocenters. The normalized spacial score (nSPS) is 11.8. The minimum absolute atomic E-state index is 0.0117. The quantitative estimate of drug-likeness (QED) is 0.574. The Bertz CT molecular complexity index is 732. The van der Waals surface area contributed by atoms with Crippen molar-refractivity contribution in [2.45, 2.75) is 24.0 Å². The van der Waals surface area contributed by atoms with Gasteiger partial charge < -0.3 is 5.32 Å². The number of halogens is 2. The first-order valence-electron chi connectivity index (χ1n) is 6.90. The number of thioether (sulfide) groups is 1. The number of hydrogen-bond donors (Lipinski definition) is 1. The summed E-state index contributed by atoms with van der Waals surface area (Å²) in [5, 5.41) is 3.60. The van der Waals surface area contributed by atoms with Crippen LogP contribution in [-0.2, 0) is 4.79 Å². The van der Waals surface area contributed by atoms with Crippen molar-refractivity contribution >= 4 is 52.3 Å². The van der Waals surface area contributed by atoms with Crippen LogP contribution in [0.25, 0.3) is 0 Å². The molecule has 0 aromatic heterocycles. The first-order chi connectivity index (χ1) is 10.9. The van der Waals surface area contributed by atoms with E-state index in [4.69, 9.17) is 23.2 Å². The van der Waals surface area contributed by atoms with E-state index in [1.165, 1.54) is 18.7 Å². The van der Waals surface area contributed by atoms with Gasteiger partial charge in [-0.15, -0.1) is 11.8 Å². The molecule has 3 nitrogen and oxygen atoms in total. The van der Waals surface area contributed by atoms with Crippen molar-refractivity contribution in [2.24, 2.45) is 0 Å². The molecule has 0 aliphatic heterocycles. The average Bonchev–Trinajstić information content (AvgIpc) is 2.51. The molecule has 0 spiro atoms. The van der Waals surface area contributed by atoms with E-state index in [0.717, 1.165) is 4.90 Å². The number of hydrogen-bond acceptors (Lipinski definition) is 3. The number of anilines is 1. The van der Waals surface area contributed by atoms with E-state index >= 15 is 0 Å². The lowest BCUT2D eigenvalue weighted by Gasteiger charge is -2.13. The lowest BCUT2D eigenvalue weighted by atomic mass is 10.1. The Morgan fingerprint density at radius 3 is 2.35 bits per heavy atom. The van der Waals surface area contributed by atoms with Gasteiger partial charge in [0, 0.05) is 21.2 Å². The first-order valence-corrected chi connectivity index (χ1v) is 8.54. The summed E-state index contributed by atoms with van der Waals surface area (Å²) in [6.07, 6.45) is 0. The van der Waals surface area contributed by atoms with Gasteiger partial charge in [-0.25, -0.2) is 0 Å². The standard InChI is InChI=1S/C17H15Cl2NO2S/c1-10(21)12-3-6-14(7-4-12)20-17(22)11(2)23-16-9-13(18)5-8-15(16)19/h3-9,11H,1-2H3,(H,20,22)/t11-/m0/s1. The monoisotopic (exact) mass is 367 g/mol. The Morgan fingerprint density at radius 1 is 1.09 bits per heavy atom. The van der Waals surface area contributed by atoms with Gasteiger partial charge in [0.2, 0.25) is 5.91 Å². The summed E-state index contributed by atoms with van der Waals surface area (Å²) in [6, 6.07) is 11.9. The maximum absolute atomic E-state index is 12.3. The van der Waals surface area contributed by atoms with Gasteiger partial charge in [0.1, 0.15) is 0 Å². The van der Waals surface area contributed by atoms with Crippen LogP contribution in [0.4, 0.5) is 5.69 Å². The number of carbonyl (C=O) groups excluding carboxylic acids is 2. The van der Waals surface area contributed by atoms with E-state index in [9.17, 15) is 9.59 Å². The van der Waals surface area contributed by atoms with Crippen LogP contribution in [0.2, 0.25) is 10.0 Å². The summed E-state index contributed by atoms with van der Waals surface area (Å²) in [4.78, 5) is 24.3. The predicted molar refractivity (Wildman–Crippen MR) is 96.9 cm³/mol. The number of benzene rings is 2. The molecular weight excluding hydrogens is 353 g/mol. The SMILES string of the molecule is CC(=O)c1ccc(NC(=O)[C@H](C)Sc2cc(Cl)ccc2Cl)cc1. The second kappa shape index (κ2) is 7.86. The van der Waals surface area contributed by atoms with E-state index in [2.05, 4.69) is 5.32 Å². The number of rotatable bonds is 5. The molecule has 6 heteroatoms. The molecule has 0 saturated heterocycles. The van der Waals surface area contributed by atoms with Gasteiger partial charge in [-0.2, -0.15) is 0 Å². The van der Waals surface area contributed by atoms with Gasteiger partial charge in [-0.05, 0) is 56.3 Å². The highest BCUT2D eigenvalue weighted by Gasteiger charge is 2.16. The second-order valence-corrected chi connectivity index (χ2v) is 7.18. The molecule has 0 fully saturated rings. The Labute approximate surface area is 149 Å². The molecule has 1 amide bonds. The third-order valence-electron chi connectivity index (χ3n) is 3.13. The van der Waals surface area contributed by atoms with Crippen molar-refractivity contribution in [3.63, 3.8) is 0 Å². The van der Waals surface area contributed by atoms with E-state index in [1.54, 1.807) is 49.4 Å². The highest BCUT2D eigenvalue weighted by atomic mass is 35.5. The Morgan fingerprint density at radius 2 is 1.74 bits per heavy atom. The smallest absolute Gasteiger partial charge is 0.237 e. The summed E-state index contributed by atoms with van der Waals surface area (Å²) in [7, 11) is 0. The molecule has 0 aliphatic rings. The number of Topliss-reactive ketones (excluding diaryl/α,β-unsaturated/α-hetero) is 1. The summed E-state index contributed by atoms with van der Waals surface area (Å²) >= 11 is 13.4. The molecule has 0 aliphatic carbocycles. The molecule has 120 valence electrons. The summed E-state index contributed by atoms with van der Waals surface area (Å²) < 4.78 is 0. The van der Waals surface area contributed by atoms with Gasteiger partial charge in [0.05, 0.1) is 10.3 Å². The van der Waals surface area contributed by atoms with Crippen molar-refractivity contribution in [2.75, 3.05) is 5.32 Å². The van der Waals surface area contributed by atoms with Gasteiger partial charge in [0.25, 0.3) is 0 Å². The fourth-order valence-corrected chi connectivity index (χ4v) is 3.25.